The van der Waals surface area contributed by atoms with E-state index in [0.717, 1.165) is 12.8 Å². The lowest BCUT2D eigenvalue weighted by atomic mass is 10.2. The standard InChI is InChI=1S/C11H19NO3S/c1-8(9(7-13)16-2)12-10(14)5-3-4-6-11(12)15/h8-9,13H,3-7H2,1-2H3. The van der Waals surface area contributed by atoms with Crippen molar-refractivity contribution in [2.45, 2.75) is 43.9 Å². The molecule has 0 aromatic rings. The summed E-state index contributed by atoms with van der Waals surface area (Å²) in [5.41, 5.74) is 0. The summed E-state index contributed by atoms with van der Waals surface area (Å²) in [5.74, 6) is -0.190. The molecule has 16 heavy (non-hydrogen) atoms. The molecule has 0 bridgehead atoms. The molecule has 92 valence electrons. The number of nitrogens with zero attached hydrogens (tertiary/aromatic N) is 1. The molecule has 0 radical (unpaired) electrons. The van der Waals surface area contributed by atoms with E-state index in [1.54, 1.807) is 0 Å². The first-order valence-electron chi connectivity index (χ1n) is 5.60. The fourth-order valence-corrected chi connectivity index (χ4v) is 2.64. The van der Waals surface area contributed by atoms with E-state index in [1.165, 1.54) is 16.7 Å². The van der Waals surface area contributed by atoms with Crippen molar-refractivity contribution in [1.82, 2.24) is 4.90 Å². The number of amides is 2. The van der Waals surface area contributed by atoms with Gasteiger partial charge in [-0.15, -0.1) is 0 Å². The molecular formula is C11H19NO3S. The molecular weight excluding hydrogens is 226 g/mol. The first-order valence-corrected chi connectivity index (χ1v) is 6.89. The molecule has 1 heterocycles. The Hall–Kier alpha value is -0.550. The average Bonchev–Trinajstić information content (AvgIpc) is 2.41. The molecule has 1 aliphatic heterocycles. The Morgan fingerprint density at radius 1 is 1.31 bits per heavy atom. The zero-order chi connectivity index (χ0) is 12.1. The Morgan fingerprint density at radius 3 is 2.19 bits per heavy atom. The second-order valence-electron chi connectivity index (χ2n) is 4.06. The van der Waals surface area contributed by atoms with Gasteiger partial charge in [-0.25, -0.2) is 0 Å². The molecule has 0 aromatic carbocycles. The minimum absolute atomic E-state index is 0.0145. The number of aliphatic hydroxyl groups is 1. The van der Waals surface area contributed by atoms with Crippen molar-refractivity contribution in [2.24, 2.45) is 0 Å². The van der Waals surface area contributed by atoms with Crippen LogP contribution < -0.4 is 0 Å². The molecule has 0 spiro atoms. The summed E-state index contributed by atoms with van der Waals surface area (Å²) in [6.07, 6.45) is 4.35. The molecule has 2 atom stereocenters. The molecule has 0 aromatic heterocycles. The van der Waals surface area contributed by atoms with Crippen LogP contribution in [-0.2, 0) is 9.59 Å². The first-order chi connectivity index (χ1) is 7.61. The first kappa shape index (κ1) is 13.5. The minimum atomic E-state index is -0.224. The SMILES string of the molecule is CSC(CO)C(C)N1C(=O)CCCCC1=O. The molecule has 5 heteroatoms. The van der Waals surface area contributed by atoms with Gasteiger partial charge < -0.3 is 5.11 Å². The van der Waals surface area contributed by atoms with Gasteiger partial charge in [0.15, 0.2) is 0 Å². The third-order valence-electron chi connectivity index (χ3n) is 3.00. The number of hydrogen-bond donors (Lipinski definition) is 1. The van der Waals surface area contributed by atoms with Gasteiger partial charge in [0.1, 0.15) is 0 Å². The monoisotopic (exact) mass is 245 g/mol. The van der Waals surface area contributed by atoms with E-state index in [1.807, 2.05) is 13.2 Å². The van der Waals surface area contributed by atoms with E-state index >= 15 is 0 Å². The lowest BCUT2D eigenvalue weighted by Gasteiger charge is -2.30. The van der Waals surface area contributed by atoms with E-state index in [0.29, 0.717) is 12.8 Å². The minimum Gasteiger partial charge on any atom is -0.395 e. The summed E-state index contributed by atoms with van der Waals surface area (Å²) in [5, 5.41) is 9.11. The van der Waals surface area contributed by atoms with Crippen molar-refractivity contribution in [1.29, 1.82) is 0 Å². The summed E-state index contributed by atoms with van der Waals surface area (Å²) in [7, 11) is 0. The number of carbonyl (C=O) groups excluding carboxylic acids is 2. The van der Waals surface area contributed by atoms with E-state index < -0.39 is 0 Å². The smallest absolute Gasteiger partial charge is 0.229 e. The van der Waals surface area contributed by atoms with Crippen LogP contribution in [0.4, 0.5) is 0 Å². The van der Waals surface area contributed by atoms with Crippen LogP contribution >= 0.6 is 11.8 Å². The van der Waals surface area contributed by atoms with Crippen LogP contribution in [0.1, 0.15) is 32.6 Å². The van der Waals surface area contributed by atoms with Crippen LogP contribution in [0.25, 0.3) is 0 Å². The number of likely N-dealkylation sites (tertiary alicyclic amines) is 1. The largest absolute Gasteiger partial charge is 0.395 e. The molecule has 1 saturated heterocycles. The molecule has 1 fully saturated rings. The average molecular weight is 245 g/mol. The topological polar surface area (TPSA) is 57.6 Å². The van der Waals surface area contributed by atoms with Crippen molar-refractivity contribution in [3.8, 4) is 0 Å². The number of aliphatic hydroxyl groups excluding tert-OH is 1. The van der Waals surface area contributed by atoms with Crippen LogP contribution in [0.3, 0.4) is 0 Å². The predicted molar refractivity (Wildman–Crippen MR) is 64.2 cm³/mol. The lowest BCUT2D eigenvalue weighted by Crippen LogP contribution is -2.47. The Balaban J connectivity index is 2.80. The highest BCUT2D eigenvalue weighted by molar-refractivity contribution is 7.99. The maximum Gasteiger partial charge on any atom is 0.229 e. The summed E-state index contributed by atoms with van der Waals surface area (Å²) in [4.78, 5) is 25.0. The quantitative estimate of drug-likeness (QED) is 0.752. The Labute approximate surface area is 100 Å². The summed E-state index contributed by atoms with van der Waals surface area (Å²) in [6, 6.07) is -0.224. The molecule has 1 rings (SSSR count). The molecule has 4 nitrogen and oxygen atoms in total. The second-order valence-corrected chi connectivity index (χ2v) is 5.14. The molecule has 2 unspecified atom stereocenters. The predicted octanol–water partition coefficient (Wildman–Crippen LogP) is 1.03. The molecule has 1 N–H and O–H groups in total. The van der Waals surface area contributed by atoms with Crippen LogP contribution in [0.2, 0.25) is 0 Å². The fourth-order valence-electron chi connectivity index (χ4n) is 1.98. The van der Waals surface area contributed by atoms with Crippen LogP contribution in [-0.4, -0.2) is 46.0 Å². The lowest BCUT2D eigenvalue weighted by molar-refractivity contribution is -0.146. The summed E-state index contributed by atoms with van der Waals surface area (Å²) in [6.45, 7) is 1.82. The normalized spacial score (nSPS) is 21.8. The highest BCUT2D eigenvalue weighted by Gasteiger charge is 2.32. The third-order valence-corrected chi connectivity index (χ3v) is 4.15. The van der Waals surface area contributed by atoms with E-state index in [9.17, 15) is 14.7 Å². The Kier molecular flexibility index (Phi) is 5.28. The van der Waals surface area contributed by atoms with Gasteiger partial charge in [-0.2, -0.15) is 11.8 Å². The van der Waals surface area contributed by atoms with Crippen molar-refractivity contribution in [3.05, 3.63) is 0 Å². The highest BCUT2D eigenvalue weighted by atomic mass is 32.2. The van der Waals surface area contributed by atoms with Gasteiger partial charge in [0.25, 0.3) is 0 Å². The maximum atomic E-state index is 11.8. The van der Waals surface area contributed by atoms with Crippen molar-refractivity contribution in [2.75, 3.05) is 12.9 Å². The van der Waals surface area contributed by atoms with Gasteiger partial charge in [-0.05, 0) is 26.0 Å². The van der Waals surface area contributed by atoms with Gasteiger partial charge in [0.2, 0.25) is 11.8 Å². The van der Waals surface area contributed by atoms with Crippen LogP contribution in [0.5, 0.6) is 0 Å². The number of rotatable bonds is 4. The maximum absolute atomic E-state index is 11.8. The Bertz CT molecular complexity index is 248. The molecule has 2 amide bonds. The van der Waals surface area contributed by atoms with Crippen molar-refractivity contribution in [3.63, 3.8) is 0 Å². The van der Waals surface area contributed by atoms with Crippen LogP contribution in [0.15, 0.2) is 0 Å². The number of hydrogen-bond acceptors (Lipinski definition) is 4. The molecule has 0 saturated carbocycles. The summed E-state index contributed by atoms with van der Waals surface area (Å²) < 4.78 is 0. The van der Waals surface area contributed by atoms with Gasteiger partial charge in [0, 0.05) is 18.1 Å². The number of thioether (sulfide) groups is 1. The summed E-state index contributed by atoms with van der Waals surface area (Å²) >= 11 is 1.49. The van der Waals surface area contributed by atoms with Crippen molar-refractivity contribution < 1.29 is 14.7 Å². The zero-order valence-electron chi connectivity index (χ0n) is 9.81. The molecule has 1 aliphatic rings. The van der Waals surface area contributed by atoms with E-state index in [2.05, 4.69) is 0 Å². The van der Waals surface area contributed by atoms with Crippen LogP contribution in [0, 0.1) is 0 Å². The van der Waals surface area contributed by atoms with Gasteiger partial charge in [0.05, 0.1) is 12.6 Å². The Morgan fingerprint density at radius 2 is 1.81 bits per heavy atom. The van der Waals surface area contributed by atoms with Gasteiger partial charge in [-0.3, -0.25) is 14.5 Å². The fraction of sp³-hybridized carbons (Fsp3) is 0.818. The van der Waals surface area contributed by atoms with E-state index in [4.69, 9.17) is 0 Å². The zero-order valence-corrected chi connectivity index (χ0v) is 10.6. The number of carbonyl (C=O) groups is 2. The van der Waals surface area contributed by atoms with Gasteiger partial charge in [-0.1, -0.05) is 0 Å². The molecule has 0 aliphatic carbocycles. The third kappa shape index (κ3) is 2.98. The highest BCUT2D eigenvalue weighted by Crippen LogP contribution is 2.21. The van der Waals surface area contributed by atoms with Gasteiger partial charge >= 0.3 is 0 Å². The second kappa shape index (κ2) is 6.25. The van der Waals surface area contributed by atoms with Crippen molar-refractivity contribution >= 4 is 23.6 Å². The number of imide groups is 1. The van der Waals surface area contributed by atoms with E-state index in [-0.39, 0.29) is 29.7 Å².